The second-order valence-electron chi connectivity index (χ2n) is 2.06. The zero-order valence-corrected chi connectivity index (χ0v) is 11.5. The predicted octanol–water partition coefficient (Wildman–Crippen LogP) is 2.02. The minimum Gasteiger partial charge on any atom is -0.367 e. The quantitative estimate of drug-likeness (QED) is 0.693. The summed E-state index contributed by atoms with van der Waals surface area (Å²) < 4.78 is 0.718. The summed E-state index contributed by atoms with van der Waals surface area (Å²) in [5.41, 5.74) is 3.59. The van der Waals surface area contributed by atoms with Gasteiger partial charge in [-0.1, -0.05) is 16.3 Å². The molecule has 61 valence electrons. The van der Waals surface area contributed by atoms with Crippen molar-refractivity contribution in [3.63, 3.8) is 0 Å². The van der Waals surface area contributed by atoms with Crippen molar-refractivity contribution in [3.05, 3.63) is 22.3 Å². The van der Waals surface area contributed by atoms with Crippen LogP contribution in [0.15, 0.2) is 6.20 Å². The molecule has 0 bridgehead atoms. The number of nitrogens with zero attached hydrogens (tertiary/aromatic N) is 3. The summed E-state index contributed by atoms with van der Waals surface area (Å²) in [6.45, 7) is 0. The molecule has 0 aliphatic heterocycles. The number of thiazole rings is 1. The Bertz CT molecular complexity index is 476. The Morgan fingerprint density at radius 1 is 1.62 bits per heavy atom. The maximum absolute atomic E-state index is 8.61. The smallest absolute Gasteiger partial charge is 0.101 e. The molecule has 0 unspecified atom stereocenters. The van der Waals surface area contributed by atoms with Crippen molar-refractivity contribution in [2.45, 2.75) is 0 Å². The molecule has 6 heteroatoms. The molecule has 2 aromatic rings. The van der Waals surface area contributed by atoms with Gasteiger partial charge in [-0.25, -0.2) is 0 Å². The molecule has 0 spiro atoms. The van der Waals surface area contributed by atoms with E-state index in [0.717, 1.165) is 4.70 Å². The maximum atomic E-state index is 8.61. The molecule has 0 aliphatic carbocycles. The van der Waals surface area contributed by atoms with E-state index in [2.05, 4.69) is 15.5 Å². The van der Waals surface area contributed by atoms with Gasteiger partial charge in [-0.3, -0.25) is 11.3 Å². The molecule has 2 aromatic heterocycles. The molecule has 2 rings (SSSR count). The minimum absolute atomic E-state index is 0. The molecule has 0 N–H and O–H groups in total. The first-order valence-electron chi connectivity index (χ1n) is 3.04. The van der Waals surface area contributed by atoms with Crippen molar-refractivity contribution in [1.82, 2.24) is 9.97 Å². The first kappa shape index (κ1) is 11.1. The van der Waals surface area contributed by atoms with Gasteiger partial charge in [0.15, 0.2) is 0 Å². The Balaban J connectivity index is 0.000000845. The molecule has 3 nitrogen and oxygen atoms in total. The zero-order valence-electron chi connectivity index (χ0n) is 6.28. The Hall–Kier alpha value is 0.0148. The van der Waals surface area contributed by atoms with Crippen LogP contribution in [0.1, 0.15) is 5.56 Å². The van der Waals surface area contributed by atoms with Crippen LogP contribution in [0, 0.1) is 52.4 Å². The minimum atomic E-state index is 0. The molecule has 13 heavy (non-hydrogen) atoms. The van der Waals surface area contributed by atoms with Crippen molar-refractivity contribution in [2.24, 2.45) is 0 Å². The van der Waals surface area contributed by atoms with E-state index in [1.807, 2.05) is 6.07 Å². The Morgan fingerprint density at radius 3 is 3.08 bits per heavy atom. The van der Waals surface area contributed by atoms with Crippen LogP contribution >= 0.6 is 22.9 Å². The van der Waals surface area contributed by atoms with E-state index in [4.69, 9.17) is 16.9 Å². The van der Waals surface area contributed by atoms with Crippen LogP contribution in [0.4, 0.5) is 0 Å². The average Bonchev–Trinajstić information content (AvgIpc) is 2.53. The van der Waals surface area contributed by atoms with Crippen molar-refractivity contribution < 1.29 is 35.6 Å². The third kappa shape index (κ3) is 1.93. The number of halogens is 1. The number of hydrogen-bond donors (Lipinski definition) is 0. The first-order chi connectivity index (χ1) is 5.83. The number of nitriles is 1. The van der Waals surface area contributed by atoms with Crippen LogP contribution in [-0.4, -0.2) is 9.97 Å². The first-order valence-corrected chi connectivity index (χ1v) is 4.23. The number of hydrogen-bond acceptors (Lipinski definition) is 4. The average molecular weight is 334 g/mol. The standard InChI is InChI=1S/C7HClN3S.La/c8-5-4(1-9)2-10-7-6(5)12-3-11-7;/h2H;/q-1;. The number of rotatable bonds is 0. The third-order valence-electron chi connectivity index (χ3n) is 1.37. The Morgan fingerprint density at radius 2 is 2.38 bits per heavy atom. The molecule has 0 amide bonds. The van der Waals surface area contributed by atoms with Crippen LogP contribution in [0.2, 0.25) is 5.02 Å². The fourth-order valence-electron chi connectivity index (χ4n) is 0.821. The van der Waals surface area contributed by atoms with Gasteiger partial charge in [-0.2, -0.15) is 5.26 Å². The molecular weight excluding hydrogens is 333 g/mol. The van der Waals surface area contributed by atoms with Crippen molar-refractivity contribution in [1.29, 1.82) is 5.26 Å². The van der Waals surface area contributed by atoms with Crippen LogP contribution in [0.3, 0.4) is 0 Å². The van der Waals surface area contributed by atoms with Crippen LogP contribution < -0.4 is 0 Å². The topological polar surface area (TPSA) is 49.6 Å². The van der Waals surface area contributed by atoms with E-state index in [0.29, 0.717) is 16.2 Å². The summed E-state index contributed by atoms with van der Waals surface area (Å²) >= 11 is 7.13. The van der Waals surface area contributed by atoms with Crippen LogP contribution in [0.5, 0.6) is 0 Å². The molecule has 0 saturated carbocycles. The van der Waals surface area contributed by atoms with Gasteiger partial charge in [-0.05, 0) is 5.51 Å². The van der Waals surface area contributed by atoms with Gasteiger partial charge >= 0.3 is 0 Å². The van der Waals surface area contributed by atoms with E-state index in [1.54, 1.807) is 0 Å². The normalized spacial score (nSPS) is 9.23. The fourth-order valence-corrected chi connectivity index (χ4v) is 1.73. The van der Waals surface area contributed by atoms with Crippen LogP contribution in [-0.2, 0) is 0 Å². The van der Waals surface area contributed by atoms with E-state index >= 15 is 0 Å². The van der Waals surface area contributed by atoms with Gasteiger partial charge in [0.2, 0.25) is 0 Å². The Kier molecular flexibility index (Phi) is 3.83. The molecule has 0 fully saturated rings. The third-order valence-corrected chi connectivity index (χ3v) is 2.65. The summed E-state index contributed by atoms with van der Waals surface area (Å²) in [5, 5.41) is 9.03. The van der Waals surface area contributed by atoms with Crippen LogP contribution in [0.25, 0.3) is 10.3 Å². The fraction of sp³-hybridized carbons (Fsp3) is 0. The van der Waals surface area contributed by atoms with Gasteiger partial charge in [0.1, 0.15) is 6.07 Å². The van der Waals surface area contributed by atoms with Crippen molar-refractivity contribution in [3.8, 4) is 6.07 Å². The van der Waals surface area contributed by atoms with E-state index in [1.165, 1.54) is 17.5 Å². The van der Waals surface area contributed by atoms with E-state index in [9.17, 15) is 0 Å². The molecular formula is C7HClLaN3S-. The SMILES string of the molecule is N#Cc1cnc2n[c-]sc2c1Cl.[La]. The second kappa shape index (κ2) is 4.49. The summed E-state index contributed by atoms with van der Waals surface area (Å²) in [6.07, 6.45) is 1.41. The van der Waals surface area contributed by atoms with Gasteiger partial charge in [0.05, 0.1) is 5.56 Å². The second-order valence-corrected chi connectivity index (χ2v) is 3.23. The number of fused-ring (bicyclic) bond motifs is 1. The molecule has 1 radical (unpaired) electrons. The monoisotopic (exact) mass is 333 g/mol. The summed E-state index contributed by atoms with van der Waals surface area (Å²) in [7, 11) is 0. The van der Waals surface area contributed by atoms with Gasteiger partial charge < -0.3 is 9.97 Å². The van der Waals surface area contributed by atoms with Gasteiger partial charge in [0, 0.05) is 52.5 Å². The van der Waals surface area contributed by atoms with E-state index in [-0.39, 0.29) is 35.6 Å². The van der Waals surface area contributed by atoms with Crippen molar-refractivity contribution in [2.75, 3.05) is 0 Å². The maximum Gasteiger partial charge on any atom is 0.101 e. The largest absolute Gasteiger partial charge is 0.367 e. The molecule has 0 saturated heterocycles. The summed E-state index contributed by atoms with van der Waals surface area (Å²) in [4.78, 5) is 7.78. The number of aromatic nitrogens is 2. The number of pyridine rings is 1. The Labute approximate surface area is 111 Å². The molecule has 0 aliphatic rings. The zero-order chi connectivity index (χ0) is 8.55. The summed E-state index contributed by atoms with van der Waals surface area (Å²) in [6, 6.07) is 1.95. The molecule has 0 atom stereocenters. The molecule has 2 heterocycles. The van der Waals surface area contributed by atoms with Gasteiger partial charge in [-0.15, -0.1) is 0 Å². The van der Waals surface area contributed by atoms with E-state index < -0.39 is 0 Å². The van der Waals surface area contributed by atoms with Gasteiger partial charge in [0.25, 0.3) is 0 Å². The summed E-state index contributed by atoms with van der Waals surface area (Å²) in [5.74, 6) is 0. The molecule has 0 aromatic carbocycles. The van der Waals surface area contributed by atoms with Crippen molar-refractivity contribution >= 4 is 33.3 Å². The predicted molar refractivity (Wildman–Crippen MR) is 46.0 cm³/mol.